The van der Waals surface area contributed by atoms with E-state index in [1.807, 2.05) is 45.8 Å². The van der Waals surface area contributed by atoms with Crippen molar-refractivity contribution in [2.24, 2.45) is 34.5 Å². The van der Waals surface area contributed by atoms with Gasteiger partial charge in [-0.1, -0.05) is 40.2 Å². The molecule has 384 valence electrons. The zero-order valence-electron chi connectivity index (χ0n) is 41.0. The zero-order valence-corrected chi connectivity index (χ0v) is 42.6. The molecular formula is C58H63BrF2N4O8. The molecule has 3 N–H and O–H groups in total. The number of aliphatic carboxylic acids is 2. The number of anilines is 1. The molecule has 4 aromatic carbocycles. The summed E-state index contributed by atoms with van der Waals surface area (Å²) in [7, 11) is 0. The number of hydrogen-bond acceptors (Lipinski definition) is 8. The lowest BCUT2D eigenvalue weighted by atomic mass is 9.47. The summed E-state index contributed by atoms with van der Waals surface area (Å²) >= 11 is 3.44. The predicted octanol–water partition coefficient (Wildman–Crippen LogP) is 10.8. The van der Waals surface area contributed by atoms with Gasteiger partial charge >= 0.3 is 11.9 Å². The summed E-state index contributed by atoms with van der Waals surface area (Å²) < 4.78 is 44.5. The zero-order chi connectivity index (χ0) is 50.9. The first kappa shape index (κ1) is 50.8. The van der Waals surface area contributed by atoms with Crippen molar-refractivity contribution < 1.29 is 47.6 Å². The second-order valence-corrected chi connectivity index (χ2v) is 22.5. The Kier molecular flexibility index (Phi) is 15.0. The van der Waals surface area contributed by atoms with Crippen molar-refractivity contribution >= 4 is 66.9 Å². The fraction of sp³-hybridized carbons (Fsp3) is 0.448. The van der Waals surface area contributed by atoms with Gasteiger partial charge in [-0.2, -0.15) is 0 Å². The Hall–Kier alpha value is -5.74. The minimum atomic E-state index is -0.703. The van der Waals surface area contributed by atoms with E-state index in [-0.39, 0.29) is 57.7 Å². The van der Waals surface area contributed by atoms with E-state index < -0.39 is 11.9 Å². The third-order valence-electron chi connectivity index (χ3n) is 16.4. The van der Waals surface area contributed by atoms with E-state index in [1.54, 1.807) is 24.3 Å². The van der Waals surface area contributed by atoms with Crippen molar-refractivity contribution in [3.05, 3.63) is 136 Å². The lowest BCUT2D eigenvalue weighted by molar-refractivity contribution is -0.158. The second-order valence-electron chi connectivity index (χ2n) is 21.5. The van der Waals surface area contributed by atoms with Crippen molar-refractivity contribution in [2.75, 3.05) is 57.5 Å². The fourth-order valence-corrected chi connectivity index (χ4v) is 13.0. The molecule has 0 atom stereocenters. The molecule has 6 aromatic rings. The standard InChI is InChI=1S/C29H31FN2O4.C25H23BrFNO3.C4H9NO/c30-25-6-5-24(26(33)13-20-14-29(15-20)16-21(17-29)28(34)35)27-23(25)7-8-32(27)18-19-1-3-22(4-2-19)31-9-11-36-12-10-31;26-18-3-1-15(2-4-18)14-28-8-7-19-21(27)6-5-20(23(19)28)22(29)9-16-10-25(11-16)12-17(13-25)24(30)31;1-3-6-4-2-5-1/h1-8,20-21H,9-18H2,(H,34,35);1-8,16-17H,9-14H2,(H,30,31);5H,1-4H2. The van der Waals surface area contributed by atoms with Crippen LogP contribution in [0.5, 0.6) is 0 Å². The number of carboxylic acid groups (broad SMARTS) is 2. The van der Waals surface area contributed by atoms with E-state index in [4.69, 9.17) is 19.7 Å². The molecule has 2 aromatic heterocycles. The number of aromatic nitrogens is 2. The third kappa shape index (κ3) is 11.2. The number of ether oxygens (including phenoxy) is 2. The van der Waals surface area contributed by atoms with Crippen LogP contribution in [0.3, 0.4) is 0 Å². The van der Waals surface area contributed by atoms with Gasteiger partial charge in [-0.15, -0.1) is 0 Å². The molecular weight excluding hydrogens is 999 g/mol. The van der Waals surface area contributed by atoms with Crippen LogP contribution in [0.25, 0.3) is 21.8 Å². The van der Waals surface area contributed by atoms with Crippen LogP contribution >= 0.6 is 15.9 Å². The van der Waals surface area contributed by atoms with Crippen LogP contribution in [0, 0.1) is 46.1 Å². The van der Waals surface area contributed by atoms with Crippen LogP contribution < -0.4 is 10.2 Å². The van der Waals surface area contributed by atoms with Gasteiger partial charge in [-0.25, -0.2) is 8.78 Å². The Bertz CT molecular complexity index is 2960. The molecule has 4 aliphatic carbocycles. The molecule has 0 amide bonds. The highest BCUT2D eigenvalue weighted by atomic mass is 79.9. The molecule has 0 bridgehead atoms. The summed E-state index contributed by atoms with van der Waals surface area (Å²) in [5, 5.41) is 22.4. The summed E-state index contributed by atoms with van der Waals surface area (Å²) in [5.41, 5.74) is 6.05. The third-order valence-corrected chi connectivity index (χ3v) is 16.9. The van der Waals surface area contributed by atoms with Gasteiger partial charge in [0.05, 0.1) is 49.3 Å². The van der Waals surface area contributed by atoms with Crippen LogP contribution in [0.2, 0.25) is 0 Å². The highest BCUT2D eigenvalue weighted by Crippen LogP contribution is 2.63. The van der Waals surface area contributed by atoms with Gasteiger partial charge in [-0.05, 0) is 146 Å². The lowest BCUT2D eigenvalue weighted by Crippen LogP contribution is -2.50. The molecule has 2 aliphatic heterocycles. The number of rotatable bonds is 13. The molecule has 4 heterocycles. The molecule has 2 spiro atoms. The Morgan fingerprint density at radius 1 is 0.575 bits per heavy atom. The predicted molar refractivity (Wildman–Crippen MR) is 278 cm³/mol. The highest BCUT2D eigenvalue weighted by molar-refractivity contribution is 9.10. The minimum Gasteiger partial charge on any atom is -0.481 e. The van der Waals surface area contributed by atoms with E-state index in [2.05, 4.69) is 50.4 Å². The molecule has 6 fully saturated rings. The van der Waals surface area contributed by atoms with Gasteiger partial charge in [0.1, 0.15) is 11.6 Å². The largest absolute Gasteiger partial charge is 0.481 e. The number of nitrogens with one attached hydrogen (secondary N) is 1. The quantitative estimate of drug-likeness (QED) is 0.0953. The maximum absolute atomic E-state index is 14.6. The van der Waals surface area contributed by atoms with Gasteiger partial charge in [0.15, 0.2) is 11.6 Å². The summed E-state index contributed by atoms with van der Waals surface area (Å²) in [5.74, 6) is -1.83. The average molecular weight is 1060 g/mol. The molecule has 0 radical (unpaired) electrons. The second kappa shape index (κ2) is 21.6. The minimum absolute atomic E-state index is 0.0368. The topological polar surface area (TPSA) is 152 Å². The van der Waals surface area contributed by atoms with Crippen LogP contribution in [-0.4, -0.2) is 95.5 Å². The monoisotopic (exact) mass is 1060 g/mol. The number of carboxylic acids is 2. The molecule has 4 saturated carbocycles. The first-order valence-corrected chi connectivity index (χ1v) is 26.5. The number of halogens is 3. The Morgan fingerprint density at radius 3 is 1.40 bits per heavy atom. The smallest absolute Gasteiger partial charge is 0.306 e. The normalized spacial score (nSPS) is 25.1. The first-order chi connectivity index (χ1) is 35.2. The van der Waals surface area contributed by atoms with E-state index in [0.717, 1.165) is 120 Å². The number of Topliss-reactive ketones (excluding diaryl/α,β-unsaturated/α-hetero) is 2. The van der Waals surface area contributed by atoms with Gasteiger partial charge in [0.25, 0.3) is 0 Å². The number of carbonyl (C=O) groups excluding carboxylic acids is 2. The number of morpholine rings is 2. The van der Waals surface area contributed by atoms with Gasteiger partial charge in [-0.3, -0.25) is 19.2 Å². The van der Waals surface area contributed by atoms with Gasteiger partial charge in [0, 0.05) is 96.6 Å². The lowest BCUT2D eigenvalue weighted by Gasteiger charge is -2.56. The highest BCUT2D eigenvalue weighted by Gasteiger charge is 2.56. The molecule has 6 aliphatic rings. The number of benzene rings is 4. The van der Waals surface area contributed by atoms with E-state index >= 15 is 0 Å². The molecule has 12 nitrogen and oxygen atoms in total. The number of ketones is 2. The van der Waals surface area contributed by atoms with Crippen LogP contribution in [0.15, 0.2) is 102 Å². The maximum atomic E-state index is 14.6. The molecule has 73 heavy (non-hydrogen) atoms. The number of hydrogen-bond donors (Lipinski definition) is 3. The fourth-order valence-electron chi connectivity index (χ4n) is 12.8. The van der Waals surface area contributed by atoms with E-state index in [1.165, 1.54) is 17.8 Å². The Morgan fingerprint density at radius 2 is 1.00 bits per heavy atom. The van der Waals surface area contributed by atoms with Gasteiger partial charge in [0.2, 0.25) is 0 Å². The SMILES string of the molecule is C1COCCN1.O=C(CC1CC2(C1)CC(C(=O)O)C2)c1ccc(F)c2ccn(Cc3ccc(Br)cc3)c12.O=C(CC1CC2(C1)CC(C(=O)O)C2)c1ccc(F)c2ccn(Cc3ccc(N4CCOCC4)cc3)c12. The number of carbonyl (C=O) groups is 4. The molecule has 0 unspecified atom stereocenters. The average Bonchev–Trinajstić information content (AvgIpc) is 3.97. The van der Waals surface area contributed by atoms with Gasteiger partial charge < -0.3 is 39.0 Å². The van der Waals surface area contributed by atoms with E-state index in [9.17, 15) is 28.0 Å². The Labute approximate surface area is 432 Å². The summed E-state index contributed by atoms with van der Waals surface area (Å²) in [6.45, 7) is 8.20. The van der Waals surface area contributed by atoms with Crippen LogP contribution in [0.4, 0.5) is 14.5 Å². The molecule has 2 saturated heterocycles. The summed E-state index contributed by atoms with van der Waals surface area (Å²) in [4.78, 5) is 51.0. The number of fused-ring (bicyclic) bond motifs is 2. The van der Waals surface area contributed by atoms with Crippen molar-refractivity contribution in [1.82, 2.24) is 14.5 Å². The first-order valence-electron chi connectivity index (χ1n) is 25.8. The summed E-state index contributed by atoms with van der Waals surface area (Å²) in [6.07, 6.45) is 11.2. The van der Waals surface area contributed by atoms with Crippen LogP contribution in [0.1, 0.15) is 96.1 Å². The van der Waals surface area contributed by atoms with Crippen molar-refractivity contribution in [3.8, 4) is 0 Å². The Balaban J connectivity index is 0.000000151. The van der Waals surface area contributed by atoms with E-state index in [0.29, 0.717) is 58.9 Å². The maximum Gasteiger partial charge on any atom is 0.306 e. The van der Waals surface area contributed by atoms with Crippen LogP contribution in [-0.2, 0) is 32.2 Å². The molecule has 15 heteroatoms. The molecule has 12 rings (SSSR count). The van der Waals surface area contributed by atoms with Crippen molar-refractivity contribution in [2.45, 2.75) is 77.3 Å². The summed E-state index contributed by atoms with van der Waals surface area (Å²) in [6, 6.07) is 25.8. The van der Waals surface area contributed by atoms with Crippen molar-refractivity contribution in [1.29, 1.82) is 0 Å². The number of nitrogens with zero attached hydrogens (tertiary/aromatic N) is 3. The van der Waals surface area contributed by atoms with Crippen molar-refractivity contribution in [3.63, 3.8) is 0 Å².